The minimum Gasteiger partial charge on any atom is -0.493 e. The summed E-state index contributed by atoms with van der Waals surface area (Å²) in [6, 6.07) is 17.0. The first-order chi connectivity index (χ1) is 10.3. The Morgan fingerprint density at radius 3 is 2.62 bits per heavy atom. The molecule has 1 N–H and O–H groups in total. The molecule has 0 fully saturated rings. The molecule has 112 valence electrons. The highest BCUT2D eigenvalue weighted by atomic mass is 16.5. The lowest BCUT2D eigenvalue weighted by molar-refractivity contribution is 0.318. The SMILES string of the molecule is CCCNCc1cccc(-c2ccccc2OCCC)c1. The van der Waals surface area contributed by atoms with Crippen LogP contribution in [0.15, 0.2) is 48.5 Å². The Morgan fingerprint density at radius 1 is 0.952 bits per heavy atom. The van der Waals surface area contributed by atoms with Gasteiger partial charge in [0.05, 0.1) is 6.61 Å². The van der Waals surface area contributed by atoms with Crippen molar-refractivity contribution in [2.24, 2.45) is 0 Å². The standard InChI is InChI=1S/C19H25NO/c1-3-12-20-15-16-8-7-9-17(14-16)18-10-5-6-11-19(18)21-13-4-2/h5-11,14,20H,3-4,12-13,15H2,1-2H3. The van der Waals surface area contributed by atoms with Crippen LogP contribution in [0.4, 0.5) is 0 Å². The topological polar surface area (TPSA) is 21.3 Å². The van der Waals surface area contributed by atoms with Gasteiger partial charge in [0, 0.05) is 12.1 Å². The maximum absolute atomic E-state index is 5.86. The molecule has 0 bridgehead atoms. The predicted octanol–water partition coefficient (Wildman–Crippen LogP) is 4.64. The quantitative estimate of drug-likeness (QED) is 0.712. The molecule has 21 heavy (non-hydrogen) atoms. The number of benzene rings is 2. The van der Waals surface area contributed by atoms with Crippen molar-refractivity contribution in [2.45, 2.75) is 33.2 Å². The molecule has 0 aliphatic carbocycles. The molecular formula is C19H25NO. The van der Waals surface area contributed by atoms with Crippen molar-refractivity contribution in [3.05, 3.63) is 54.1 Å². The largest absolute Gasteiger partial charge is 0.493 e. The molecule has 0 aliphatic rings. The van der Waals surface area contributed by atoms with E-state index in [-0.39, 0.29) is 0 Å². The monoisotopic (exact) mass is 283 g/mol. The van der Waals surface area contributed by atoms with Crippen LogP contribution >= 0.6 is 0 Å². The van der Waals surface area contributed by atoms with E-state index in [4.69, 9.17) is 4.74 Å². The van der Waals surface area contributed by atoms with Crippen LogP contribution in [0.25, 0.3) is 11.1 Å². The lowest BCUT2D eigenvalue weighted by Gasteiger charge is -2.12. The van der Waals surface area contributed by atoms with E-state index in [2.05, 4.69) is 55.6 Å². The smallest absolute Gasteiger partial charge is 0.127 e. The average Bonchev–Trinajstić information content (AvgIpc) is 2.54. The third-order valence-electron chi connectivity index (χ3n) is 3.34. The van der Waals surface area contributed by atoms with Crippen molar-refractivity contribution in [1.29, 1.82) is 0 Å². The molecule has 0 heterocycles. The van der Waals surface area contributed by atoms with Crippen molar-refractivity contribution in [2.75, 3.05) is 13.2 Å². The lowest BCUT2D eigenvalue weighted by atomic mass is 10.0. The van der Waals surface area contributed by atoms with Gasteiger partial charge >= 0.3 is 0 Å². The summed E-state index contributed by atoms with van der Waals surface area (Å²) in [5.74, 6) is 0.970. The fraction of sp³-hybridized carbons (Fsp3) is 0.368. The van der Waals surface area contributed by atoms with Gasteiger partial charge in [0.25, 0.3) is 0 Å². The van der Waals surface area contributed by atoms with Crippen LogP contribution < -0.4 is 10.1 Å². The Balaban J connectivity index is 2.19. The van der Waals surface area contributed by atoms with Gasteiger partial charge in [-0.05, 0) is 42.6 Å². The summed E-state index contributed by atoms with van der Waals surface area (Å²) < 4.78 is 5.86. The van der Waals surface area contributed by atoms with Gasteiger partial charge in [-0.15, -0.1) is 0 Å². The molecular weight excluding hydrogens is 258 g/mol. The van der Waals surface area contributed by atoms with Gasteiger partial charge in [-0.2, -0.15) is 0 Å². The highest BCUT2D eigenvalue weighted by Gasteiger charge is 2.06. The maximum atomic E-state index is 5.86. The van der Waals surface area contributed by atoms with Gasteiger partial charge in [-0.3, -0.25) is 0 Å². The summed E-state index contributed by atoms with van der Waals surface area (Å²) in [6.07, 6.45) is 2.18. The summed E-state index contributed by atoms with van der Waals surface area (Å²) in [6.45, 7) is 7.04. The van der Waals surface area contributed by atoms with Crippen LogP contribution in [-0.4, -0.2) is 13.2 Å². The molecule has 0 spiro atoms. The Kier molecular flexibility index (Phi) is 6.29. The van der Waals surface area contributed by atoms with Gasteiger partial charge in [-0.1, -0.05) is 50.2 Å². The van der Waals surface area contributed by atoms with Crippen molar-refractivity contribution >= 4 is 0 Å². The first kappa shape index (κ1) is 15.6. The van der Waals surface area contributed by atoms with E-state index in [1.54, 1.807) is 0 Å². The number of para-hydroxylation sites is 1. The molecule has 2 heteroatoms. The third-order valence-corrected chi connectivity index (χ3v) is 3.34. The average molecular weight is 283 g/mol. The van der Waals surface area contributed by atoms with E-state index in [0.29, 0.717) is 0 Å². The number of hydrogen-bond donors (Lipinski definition) is 1. The molecule has 0 saturated heterocycles. The maximum Gasteiger partial charge on any atom is 0.127 e. The Hall–Kier alpha value is -1.80. The fourth-order valence-electron chi connectivity index (χ4n) is 2.30. The fourth-order valence-corrected chi connectivity index (χ4v) is 2.30. The first-order valence-electron chi connectivity index (χ1n) is 7.87. The van der Waals surface area contributed by atoms with E-state index in [0.717, 1.165) is 38.3 Å². The van der Waals surface area contributed by atoms with Crippen molar-refractivity contribution in [1.82, 2.24) is 5.32 Å². The van der Waals surface area contributed by atoms with E-state index in [9.17, 15) is 0 Å². The molecule has 2 nitrogen and oxygen atoms in total. The van der Waals surface area contributed by atoms with Gasteiger partial charge in [-0.25, -0.2) is 0 Å². The molecule has 0 atom stereocenters. The Morgan fingerprint density at radius 2 is 1.81 bits per heavy atom. The summed E-state index contributed by atoms with van der Waals surface area (Å²) in [7, 11) is 0. The second-order valence-electron chi connectivity index (χ2n) is 5.22. The van der Waals surface area contributed by atoms with E-state index in [1.165, 1.54) is 16.7 Å². The molecule has 0 aromatic heterocycles. The van der Waals surface area contributed by atoms with Crippen LogP contribution in [0.5, 0.6) is 5.75 Å². The van der Waals surface area contributed by atoms with Gasteiger partial charge in [0.15, 0.2) is 0 Å². The molecule has 0 radical (unpaired) electrons. The second-order valence-corrected chi connectivity index (χ2v) is 5.22. The Labute approximate surface area is 128 Å². The normalized spacial score (nSPS) is 10.6. The highest BCUT2D eigenvalue weighted by Crippen LogP contribution is 2.30. The van der Waals surface area contributed by atoms with Crippen LogP contribution in [-0.2, 0) is 6.54 Å². The summed E-state index contributed by atoms with van der Waals surface area (Å²) in [4.78, 5) is 0. The van der Waals surface area contributed by atoms with E-state index in [1.807, 2.05) is 12.1 Å². The molecule has 2 rings (SSSR count). The van der Waals surface area contributed by atoms with E-state index >= 15 is 0 Å². The zero-order valence-electron chi connectivity index (χ0n) is 13.1. The van der Waals surface area contributed by atoms with E-state index < -0.39 is 0 Å². The highest BCUT2D eigenvalue weighted by molar-refractivity contribution is 5.70. The van der Waals surface area contributed by atoms with Gasteiger partial charge in [0.2, 0.25) is 0 Å². The molecule has 2 aromatic rings. The third kappa shape index (κ3) is 4.61. The summed E-state index contributed by atoms with van der Waals surface area (Å²) >= 11 is 0. The molecule has 2 aromatic carbocycles. The number of ether oxygens (including phenoxy) is 1. The number of rotatable bonds is 8. The minimum atomic E-state index is 0.759. The number of hydrogen-bond acceptors (Lipinski definition) is 2. The van der Waals surface area contributed by atoms with Crippen LogP contribution in [0.2, 0.25) is 0 Å². The molecule has 0 unspecified atom stereocenters. The van der Waals surface area contributed by atoms with Crippen LogP contribution in [0, 0.1) is 0 Å². The zero-order valence-corrected chi connectivity index (χ0v) is 13.1. The minimum absolute atomic E-state index is 0.759. The van der Waals surface area contributed by atoms with Crippen molar-refractivity contribution < 1.29 is 4.74 Å². The summed E-state index contributed by atoms with van der Waals surface area (Å²) in [5.41, 5.74) is 3.70. The predicted molar refractivity (Wildman–Crippen MR) is 89.7 cm³/mol. The summed E-state index contributed by atoms with van der Waals surface area (Å²) in [5, 5.41) is 3.45. The molecule has 0 amide bonds. The van der Waals surface area contributed by atoms with Crippen LogP contribution in [0.3, 0.4) is 0 Å². The number of nitrogens with one attached hydrogen (secondary N) is 1. The van der Waals surface area contributed by atoms with Crippen LogP contribution in [0.1, 0.15) is 32.3 Å². The van der Waals surface area contributed by atoms with Crippen molar-refractivity contribution in [3.8, 4) is 16.9 Å². The molecule has 0 saturated carbocycles. The molecule has 0 aliphatic heterocycles. The van der Waals surface area contributed by atoms with Gasteiger partial charge < -0.3 is 10.1 Å². The van der Waals surface area contributed by atoms with Crippen molar-refractivity contribution in [3.63, 3.8) is 0 Å². The Bertz CT molecular complexity index is 551. The first-order valence-corrected chi connectivity index (χ1v) is 7.87. The lowest BCUT2D eigenvalue weighted by Crippen LogP contribution is -2.13. The second kappa shape index (κ2) is 8.48. The van der Waals surface area contributed by atoms with Gasteiger partial charge in [0.1, 0.15) is 5.75 Å². The zero-order chi connectivity index (χ0) is 14.9.